The van der Waals surface area contributed by atoms with Crippen LogP contribution >= 0.6 is 0 Å². The van der Waals surface area contributed by atoms with Gasteiger partial charge in [0, 0.05) is 5.92 Å². The average Bonchev–Trinajstić information content (AvgIpc) is 2.67. The van der Waals surface area contributed by atoms with E-state index in [1.165, 1.54) is 0 Å². The molecule has 1 aromatic rings. The Balaban J connectivity index is 1.86. The van der Waals surface area contributed by atoms with Gasteiger partial charge in [-0.3, -0.25) is 4.79 Å². The van der Waals surface area contributed by atoms with Gasteiger partial charge in [0.15, 0.2) is 0 Å². The molecule has 1 aliphatic rings. The van der Waals surface area contributed by atoms with Gasteiger partial charge in [-0.1, -0.05) is 6.92 Å². The third kappa shape index (κ3) is 2.27. The van der Waals surface area contributed by atoms with Crippen molar-refractivity contribution < 1.29 is 9.21 Å². The highest BCUT2D eigenvalue weighted by Gasteiger charge is 2.29. The molecule has 2 atom stereocenters. The van der Waals surface area contributed by atoms with Crippen LogP contribution in [-0.4, -0.2) is 19.0 Å². The number of hydrogen-bond donors (Lipinski definition) is 2. The molecule has 2 unspecified atom stereocenters. The van der Waals surface area contributed by atoms with Crippen LogP contribution in [0.25, 0.3) is 0 Å². The van der Waals surface area contributed by atoms with Crippen molar-refractivity contribution in [1.29, 1.82) is 0 Å². The highest BCUT2D eigenvalue weighted by Crippen LogP contribution is 2.18. The third-order valence-electron chi connectivity index (χ3n) is 3.26. The van der Waals surface area contributed by atoms with E-state index in [2.05, 4.69) is 10.6 Å². The molecule has 1 aromatic heterocycles. The predicted molar refractivity (Wildman–Crippen MR) is 60.8 cm³/mol. The molecule has 1 fully saturated rings. The molecular weight excluding hydrogens is 204 g/mol. The molecule has 1 aliphatic heterocycles. The van der Waals surface area contributed by atoms with Gasteiger partial charge >= 0.3 is 0 Å². The zero-order chi connectivity index (χ0) is 11.5. The van der Waals surface area contributed by atoms with Gasteiger partial charge in [0.05, 0.1) is 12.3 Å². The lowest BCUT2D eigenvalue weighted by Gasteiger charge is -2.32. The first-order chi connectivity index (χ1) is 7.68. The summed E-state index contributed by atoms with van der Waals surface area (Å²) < 4.78 is 5.25. The van der Waals surface area contributed by atoms with Crippen molar-refractivity contribution >= 4 is 5.91 Å². The van der Waals surface area contributed by atoms with E-state index in [1.807, 2.05) is 26.0 Å². The Bertz CT molecular complexity index is 344. The van der Waals surface area contributed by atoms with E-state index in [-0.39, 0.29) is 17.9 Å². The third-order valence-corrected chi connectivity index (χ3v) is 3.26. The molecule has 0 bridgehead atoms. The highest BCUT2D eigenvalue weighted by molar-refractivity contribution is 5.79. The number of carbonyl (C=O) groups is 1. The van der Waals surface area contributed by atoms with Crippen LogP contribution in [0.2, 0.25) is 0 Å². The van der Waals surface area contributed by atoms with Crippen LogP contribution in [0.1, 0.15) is 25.6 Å². The molecule has 88 valence electrons. The van der Waals surface area contributed by atoms with Gasteiger partial charge in [-0.05, 0) is 38.1 Å². The van der Waals surface area contributed by atoms with Crippen molar-refractivity contribution in [3.05, 3.63) is 24.2 Å². The van der Waals surface area contributed by atoms with E-state index in [0.29, 0.717) is 5.92 Å². The van der Waals surface area contributed by atoms with Gasteiger partial charge in [0.2, 0.25) is 5.91 Å². The molecule has 1 saturated heterocycles. The van der Waals surface area contributed by atoms with Gasteiger partial charge in [-0.2, -0.15) is 0 Å². The van der Waals surface area contributed by atoms with Crippen LogP contribution in [0.15, 0.2) is 22.8 Å². The molecular formula is C12H18N2O2. The molecule has 0 saturated carbocycles. The van der Waals surface area contributed by atoms with Crippen molar-refractivity contribution in [3.63, 3.8) is 0 Å². The zero-order valence-corrected chi connectivity index (χ0v) is 9.69. The standard InChI is InChI=1S/C12H18N2O2/c1-8(10-6-13-7-10)12(15)14-9(2)11-4-3-5-16-11/h3-5,8-10,13H,6-7H2,1-2H3,(H,14,15). The number of furan rings is 1. The summed E-state index contributed by atoms with van der Waals surface area (Å²) >= 11 is 0. The molecule has 1 amide bonds. The van der Waals surface area contributed by atoms with Crippen LogP contribution in [0.5, 0.6) is 0 Å². The molecule has 2 heterocycles. The van der Waals surface area contributed by atoms with Crippen LogP contribution in [-0.2, 0) is 4.79 Å². The Morgan fingerprint density at radius 1 is 1.56 bits per heavy atom. The lowest BCUT2D eigenvalue weighted by atomic mass is 9.88. The van der Waals surface area contributed by atoms with E-state index in [0.717, 1.165) is 18.8 Å². The zero-order valence-electron chi connectivity index (χ0n) is 9.69. The van der Waals surface area contributed by atoms with Gasteiger partial charge in [-0.25, -0.2) is 0 Å². The Labute approximate surface area is 95.4 Å². The van der Waals surface area contributed by atoms with Gasteiger partial charge in [0.25, 0.3) is 0 Å². The second-order valence-corrected chi connectivity index (χ2v) is 4.45. The fourth-order valence-corrected chi connectivity index (χ4v) is 1.83. The SMILES string of the molecule is CC(NC(=O)C(C)C1CNC1)c1ccco1. The maximum Gasteiger partial charge on any atom is 0.223 e. The molecule has 0 aliphatic carbocycles. The first-order valence-electron chi connectivity index (χ1n) is 5.73. The van der Waals surface area contributed by atoms with Crippen LogP contribution < -0.4 is 10.6 Å². The molecule has 2 N–H and O–H groups in total. The lowest BCUT2D eigenvalue weighted by Crippen LogP contribution is -2.49. The molecule has 0 aromatic carbocycles. The Hall–Kier alpha value is -1.29. The van der Waals surface area contributed by atoms with Crippen LogP contribution in [0.4, 0.5) is 0 Å². The van der Waals surface area contributed by atoms with E-state index >= 15 is 0 Å². The smallest absolute Gasteiger partial charge is 0.223 e. The molecule has 4 nitrogen and oxygen atoms in total. The first-order valence-corrected chi connectivity index (χ1v) is 5.73. The maximum atomic E-state index is 11.9. The largest absolute Gasteiger partial charge is 0.467 e. The summed E-state index contributed by atoms with van der Waals surface area (Å²) in [6.45, 7) is 5.81. The number of rotatable bonds is 4. The van der Waals surface area contributed by atoms with Crippen molar-refractivity contribution in [3.8, 4) is 0 Å². The summed E-state index contributed by atoms with van der Waals surface area (Å²) in [7, 11) is 0. The fourth-order valence-electron chi connectivity index (χ4n) is 1.83. The fraction of sp³-hybridized carbons (Fsp3) is 0.583. The molecule has 2 rings (SSSR count). The monoisotopic (exact) mass is 222 g/mol. The second kappa shape index (κ2) is 4.70. The first kappa shape index (κ1) is 11.2. The number of amides is 1. The summed E-state index contributed by atoms with van der Waals surface area (Å²) in [5, 5.41) is 6.15. The Morgan fingerprint density at radius 3 is 2.81 bits per heavy atom. The highest BCUT2D eigenvalue weighted by atomic mass is 16.3. The van der Waals surface area contributed by atoms with E-state index < -0.39 is 0 Å². The van der Waals surface area contributed by atoms with Crippen LogP contribution in [0.3, 0.4) is 0 Å². The van der Waals surface area contributed by atoms with Crippen molar-refractivity contribution in [2.45, 2.75) is 19.9 Å². The Kier molecular flexibility index (Phi) is 3.29. The van der Waals surface area contributed by atoms with Gasteiger partial charge < -0.3 is 15.1 Å². The van der Waals surface area contributed by atoms with E-state index in [9.17, 15) is 4.79 Å². The minimum atomic E-state index is -0.0574. The summed E-state index contributed by atoms with van der Waals surface area (Å²) in [6, 6.07) is 3.65. The van der Waals surface area contributed by atoms with Crippen molar-refractivity contribution in [1.82, 2.24) is 10.6 Å². The summed E-state index contributed by atoms with van der Waals surface area (Å²) in [6.07, 6.45) is 1.62. The predicted octanol–water partition coefficient (Wildman–Crippen LogP) is 1.31. The number of carbonyl (C=O) groups excluding carboxylic acids is 1. The summed E-state index contributed by atoms with van der Waals surface area (Å²) in [5.41, 5.74) is 0. The quantitative estimate of drug-likeness (QED) is 0.807. The van der Waals surface area contributed by atoms with E-state index in [4.69, 9.17) is 4.42 Å². The summed E-state index contributed by atoms with van der Waals surface area (Å²) in [4.78, 5) is 11.9. The average molecular weight is 222 g/mol. The van der Waals surface area contributed by atoms with Crippen molar-refractivity contribution in [2.75, 3.05) is 13.1 Å². The van der Waals surface area contributed by atoms with Crippen LogP contribution in [0, 0.1) is 11.8 Å². The van der Waals surface area contributed by atoms with Gasteiger partial charge in [0.1, 0.15) is 5.76 Å². The molecule has 0 radical (unpaired) electrons. The van der Waals surface area contributed by atoms with E-state index in [1.54, 1.807) is 6.26 Å². The minimum Gasteiger partial charge on any atom is -0.467 e. The van der Waals surface area contributed by atoms with Crippen molar-refractivity contribution in [2.24, 2.45) is 11.8 Å². The van der Waals surface area contributed by atoms with Gasteiger partial charge in [-0.15, -0.1) is 0 Å². The molecule has 16 heavy (non-hydrogen) atoms. The Morgan fingerprint density at radius 2 is 2.31 bits per heavy atom. The normalized spacial score (nSPS) is 19.9. The number of hydrogen-bond acceptors (Lipinski definition) is 3. The molecule has 4 heteroatoms. The topological polar surface area (TPSA) is 54.3 Å². The molecule has 0 spiro atoms. The maximum absolute atomic E-state index is 11.9. The number of nitrogens with one attached hydrogen (secondary N) is 2. The second-order valence-electron chi connectivity index (χ2n) is 4.45. The summed E-state index contributed by atoms with van der Waals surface area (Å²) in [5.74, 6) is 1.45. The lowest BCUT2D eigenvalue weighted by molar-refractivity contribution is -0.127. The minimum absolute atomic E-state index is 0.0574.